The van der Waals surface area contributed by atoms with Crippen molar-refractivity contribution in [3.63, 3.8) is 0 Å². The molecule has 0 atom stereocenters. The lowest BCUT2D eigenvalue weighted by molar-refractivity contribution is 0.397. The minimum atomic E-state index is 0.601. The van der Waals surface area contributed by atoms with E-state index in [-0.39, 0.29) is 0 Å². The summed E-state index contributed by atoms with van der Waals surface area (Å²) in [6, 6.07) is 11.8. The number of nitrogens with one attached hydrogen (secondary N) is 2. The van der Waals surface area contributed by atoms with Gasteiger partial charge in [0.2, 0.25) is 5.88 Å². The maximum Gasteiger partial charge on any atom is 0.213 e. The van der Waals surface area contributed by atoms with Crippen molar-refractivity contribution in [2.45, 2.75) is 13.1 Å². The fraction of sp³-hybridized carbons (Fsp3) is 0.294. The van der Waals surface area contributed by atoms with Crippen LogP contribution in [0.3, 0.4) is 0 Å². The molecule has 0 fully saturated rings. The van der Waals surface area contributed by atoms with E-state index in [1.54, 1.807) is 27.5 Å². The van der Waals surface area contributed by atoms with Crippen LogP contribution in [-0.4, -0.2) is 32.2 Å². The summed E-state index contributed by atoms with van der Waals surface area (Å²) < 4.78 is 10.3. The summed E-state index contributed by atoms with van der Waals surface area (Å²) in [7, 11) is 5.01. The fourth-order valence-corrected chi connectivity index (χ4v) is 2.05. The molecule has 0 amide bonds. The largest absolute Gasteiger partial charge is 0.497 e. The molecule has 2 rings (SSSR count). The van der Waals surface area contributed by atoms with Gasteiger partial charge in [0.25, 0.3) is 0 Å². The first-order valence-electron chi connectivity index (χ1n) is 7.31. The molecule has 23 heavy (non-hydrogen) atoms. The van der Waals surface area contributed by atoms with Crippen LogP contribution in [0, 0.1) is 0 Å². The molecule has 6 nitrogen and oxygen atoms in total. The maximum absolute atomic E-state index is 5.22. The Hall–Kier alpha value is -2.76. The summed E-state index contributed by atoms with van der Waals surface area (Å²) in [5.74, 6) is 2.17. The number of aliphatic imine (C=N–C) groups is 1. The molecular weight excluding hydrogens is 292 g/mol. The molecule has 0 aliphatic rings. The zero-order valence-corrected chi connectivity index (χ0v) is 13.7. The first-order valence-corrected chi connectivity index (χ1v) is 7.31. The molecule has 2 aromatic rings. The zero-order chi connectivity index (χ0) is 16.5. The third kappa shape index (κ3) is 5.18. The van der Waals surface area contributed by atoms with Crippen LogP contribution in [0.2, 0.25) is 0 Å². The predicted octanol–water partition coefficient (Wildman–Crippen LogP) is 1.96. The Morgan fingerprint density at radius 2 is 1.78 bits per heavy atom. The Labute approximate surface area is 136 Å². The Morgan fingerprint density at radius 1 is 1.04 bits per heavy atom. The number of nitrogens with zero attached hydrogens (tertiary/aromatic N) is 2. The maximum atomic E-state index is 5.22. The Morgan fingerprint density at radius 3 is 2.43 bits per heavy atom. The highest BCUT2D eigenvalue weighted by Crippen LogP contribution is 2.12. The van der Waals surface area contributed by atoms with E-state index in [9.17, 15) is 0 Å². The molecule has 0 spiro atoms. The van der Waals surface area contributed by atoms with Gasteiger partial charge < -0.3 is 20.1 Å². The van der Waals surface area contributed by atoms with Crippen LogP contribution in [0.25, 0.3) is 0 Å². The monoisotopic (exact) mass is 314 g/mol. The fourth-order valence-electron chi connectivity index (χ4n) is 2.05. The van der Waals surface area contributed by atoms with Gasteiger partial charge in [-0.15, -0.1) is 0 Å². The zero-order valence-electron chi connectivity index (χ0n) is 13.7. The predicted molar refractivity (Wildman–Crippen MR) is 90.8 cm³/mol. The molecule has 1 aromatic heterocycles. The van der Waals surface area contributed by atoms with Gasteiger partial charge in [-0.3, -0.25) is 4.99 Å². The van der Waals surface area contributed by atoms with Crippen molar-refractivity contribution in [1.82, 2.24) is 15.6 Å². The van der Waals surface area contributed by atoms with Gasteiger partial charge in [-0.1, -0.05) is 12.1 Å². The number of rotatable bonds is 6. The van der Waals surface area contributed by atoms with Crippen LogP contribution in [0.5, 0.6) is 11.6 Å². The van der Waals surface area contributed by atoms with E-state index in [1.807, 2.05) is 36.4 Å². The Bertz CT molecular complexity index is 605. The number of ether oxygens (including phenoxy) is 2. The minimum absolute atomic E-state index is 0.601. The molecule has 1 aromatic carbocycles. The van der Waals surface area contributed by atoms with Gasteiger partial charge >= 0.3 is 0 Å². The molecule has 0 saturated heterocycles. The van der Waals surface area contributed by atoms with Gasteiger partial charge in [-0.2, -0.15) is 0 Å². The molecule has 1 heterocycles. The van der Waals surface area contributed by atoms with Crippen LogP contribution >= 0.6 is 0 Å². The van der Waals surface area contributed by atoms with Crippen molar-refractivity contribution in [2.24, 2.45) is 4.99 Å². The summed E-state index contributed by atoms with van der Waals surface area (Å²) >= 11 is 0. The first-order chi connectivity index (χ1) is 11.2. The highest BCUT2D eigenvalue weighted by atomic mass is 16.5. The number of guanidine groups is 1. The normalized spacial score (nSPS) is 11.0. The molecular formula is C17H22N4O2. The summed E-state index contributed by atoms with van der Waals surface area (Å²) in [4.78, 5) is 8.31. The molecule has 2 N–H and O–H groups in total. The van der Waals surface area contributed by atoms with Crippen LogP contribution in [0.4, 0.5) is 0 Å². The highest BCUT2D eigenvalue weighted by Gasteiger charge is 2.01. The highest BCUT2D eigenvalue weighted by molar-refractivity contribution is 5.79. The van der Waals surface area contributed by atoms with Crippen LogP contribution in [0.15, 0.2) is 47.6 Å². The molecule has 6 heteroatoms. The number of aromatic nitrogens is 1. The molecule has 0 saturated carbocycles. The van der Waals surface area contributed by atoms with Gasteiger partial charge in [-0.25, -0.2) is 4.98 Å². The van der Waals surface area contributed by atoms with Crippen LogP contribution in [-0.2, 0) is 13.1 Å². The van der Waals surface area contributed by atoms with E-state index >= 15 is 0 Å². The second-order valence-electron chi connectivity index (χ2n) is 4.84. The molecule has 0 bridgehead atoms. The lowest BCUT2D eigenvalue weighted by atomic mass is 10.2. The van der Waals surface area contributed by atoms with E-state index in [0.29, 0.717) is 19.0 Å². The van der Waals surface area contributed by atoms with Gasteiger partial charge in [0.1, 0.15) is 5.75 Å². The second-order valence-corrected chi connectivity index (χ2v) is 4.84. The standard InChI is InChI=1S/C17H22N4O2/c1-18-17(20-11-13-5-4-6-15(9-13)22-2)21-12-14-7-8-19-16(10-14)23-3/h4-10H,11-12H2,1-3H3,(H2,18,20,21). The van der Waals surface area contributed by atoms with Crippen molar-refractivity contribution in [2.75, 3.05) is 21.3 Å². The summed E-state index contributed by atoms with van der Waals surface area (Å²) in [6.07, 6.45) is 1.72. The average molecular weight is 314 g/mol. The van der Waals surface area contributed by atoms with Crippen molar-refractivity contribution in [3.05, 3.63) is 53.7 Å². The van der Waals surface area contributed by atoms with Gasteiger partial charge in [0.05, 0.1) is 14.2 Å². The van der Waals surface area contributed by atoms with E-state index in [1.165, 1.54) is 0 Å². The van der Waals surface area contributed by atoms with E-state index in [2.05, 4.69) is 20.6 Å². The molecule has 0 unspecified atom stereocenters. The number of hydrogen-bond acceptors (Lipinski definition) is 4. The van der Waals surface area contributed by atoms with Crippen LogP contribution < -0.4 is 20.1 Å². The van der Waals surface area contributed by atoms with Crippen molar-refractivity contribution >= 4 is 5.96 Å². The SMILES string of the molecule is CN=C(NCc1cccc(OC)c1)NCc1ccnc(OC)c1. The Balaban J connectivity index is 1.87. The quantitative estimate of drug-likeness (QED) is 0.630. The van der Waals surface area contributed by atoms with E-state index in [0.717, 1.165) is 22.8 Å². The van der Waals surface area contributed by atoms with Gasteiger partial charge in [0.15, 0.2) is 5.96 Å². The van der Waals surface area contributed by atoms with Crippen molar-refractivity contribution < 1.29 is 9.47 Å². The number of hydrogen-bond donors (Lipinski definition) is 2. The molecule has 0 aliphatic heterocycles. The number of benzene rings is 1. The lowest BCUT2D eigenvalue weighted by Gasteiger charge is -2.12. The number of pyridine rings is 1. The summed E-state index contributed by atoms with van der Waals surface area (Å²) in [5.41, 5.74) is 2.19. The lowest BCUT2D eigenvalue weighted by Crippen LogP contribution is -2.36. The van der Waals surface area contributed by atoms with E-state index in [4.69, 9.17) is 9.47 Å². The Kier molecular flexibility index (Phi) is 6.23. The third-order valence-corrected chi connectivity index (χ3v) is 3.29. The van der Waals surface area contributed by atoms with Crippen molar-refractivity contribution in [1.29, 1.82) is 0 Å². The molecule has 0 aliphatic carbocycles. The number of methoxy groups -OCH3 is 2. The first kappa shape index (κ1) is 16.6. The molecule has 0 radical (unpaired) electrons. The minimum Gasteiger partial charge on any atom is -0.497 e. The average Bonchev–Trinajstić information content (AvgIpc) is 2.62. The topological polar surface area (TPSA) is 67.8 Å². The second kappa shape index (κ2) is 8.63. The van der Waals surface area contributed by atoms with Gasteiger partial charge in [0, 0.05) is 32.4 Å². The third-order valence-electron chi connectivity index (χ3n) is 3.29. The van der Waals surface area contributed by atoms with E-state index < -0.39 is 0 Å². The van der Waals surface area contributed by atoms with Crippen LogP contribution in [0.1, 0.15) is 11.1 Å². The smallest absolute Gasteiger partial charge is 0.213 e. The van der Waals surface area contributed by atoms with Gasteiger partial charge in [-0.05, 0) is 29.3 Å². The molecule has 122 valence electrons. The summed E-state index contributed by atoms with van der Waals surface area (Å²) in [5, 5.41) is 6.53. The van der Waals surface area contributed by atoms with Crippen molar-refractivity contribution in [3.8, 4) is 11.6 Å². The summed E-state index contributed by atoms with van der Waals surface area (Å²) in [6.45, 7) is 1.30.